The van der Waals surface area contributed by atoms with E-state index in [-0.39, 0.29) is 18.1 Å². The van der Waals surface area contributed by atoms with Crippen molar-refractivity contribution in [1.82, 2.24) is 9.97 Å². The molecule has 144 valence electrons. The van der Waals surface area contributed by atoms with E-state index < -0.39 is 0 Å². The second kappa shape index (κ2) is 8.80. The van der Waals surface area contributed by atoms with Crippen molar-refractivity contribution in [2.24, 2.45) is 0 Å². The number of hydrogen-bond acceptors (Lipinski definition) is 5. The summed E-state index contributed by atoms with van der Waals surface area (Å²) in [6, 6.07) is 7.66. The molecule has 1 aliphatic rings. The fourth-order valence-electron chi connectivity index (χ4n) is 3.34. The Kier molecular flexibility index (Phi) is 6.44. The molecule has 1 aliphatic carbocycles. The van der Waals surface area contributed by atoms with Gasteiger partial charge in [0, 0.05) is 23.3 Å². The fraction of sp³-hybridized carbons (Fsp3) is 0.450. The zero-order valence-electron chi connectivity index (χ0n) is 15.7. The molecule has 0 radical (unpaired) electrons. The SMILES string of the molecule is CCN(C(=O)c1cccc(C)c1Br)c1ccnc(NC2CCC(O)CC2)n1. The highest BCUT2D eigenvalue weighted by Gasteiger charge is 2.22. The molecule has 1 heterocycles. The van der Waals surface area contributed by atoms with Crippen LogP contribution in [0.25, 0.3) is 0 Å². The van der Waals surface area contributed by atoms with Gasteiger partial charge in [0.2, 0.25) is 5.95 Å². The molecule has 6 nitrogen and oxygen atoms in total. The Labute approximate surface area is 168 Å². The molecule has 0 atom stereocenters. The number of aliphatic hydroxyl groups is 1. The molecule has 0 aliphatic heterocycles. The minimum Gasteiger partial charge on any atom is -0.393 e. The van der Waals surface area contributed by atoms with Crippen molar-refractivity contribution >= 4 is 33.6 Å². The zero-order chi connectivity index (χ0) is 19.4. The summed E-state index contributed by atoms with van der Waals surface area (Å²) in [5, 5.41) is 13.0. The maximum absolute atomic E-state index is 13.1. The van der Waals surface area contributed by atoms with Gasteiger partial charge in [0.1, 0.15) is 5.82 Å². The van der Waals surface area contributed by atoms with Crippen molar-refractivity contribution in [3.8, 4) is 0 Å². The van der Waals surface area contributed by atoms with Gasteiger partial charge < -0.3 is 10.4 Å². The third kappa shape index (κ3) is 4.65. The number of halogens is 1. The Morgan fingerprint density at radius 1 is 1.30 bits per heavy atom. The van der Waals surface area contributed by atoms with Crippen LogP contribution in [0.2, 0.25) is 0 Å². The van der Waals surface area contributed by atoms with E-state index in [9.17, 15) is 9.90 Å². The highest BCUT2D eigenvalue weighted by atomic mass is 79.9. The Balaban J connectivity index is 1.79. The van der Waals surface area contributed by atoms with E-state index in [2.05, 4.69) is 31.2 Å². The van der Waals surface area contributed by atoms with E-state index in [0.29, 0.717) is 23.9 Å². The summed E-state index contributed by atoms with van der Waals surface area (Å²) < 4.78 is 0.807. The minimum absolute atomic E-state index is 0.0986. The van der Waals surface area contributed by atoms with Crippen molar-refractivity contribution in [2.45, 2.75) is 51.7 Å². The molecule has 27 heavy (non-hydrogen) atoms. The second-order valence-electron chi connectivity index (χ2n) is 6.87. The molecule has 0 unspecified atom stereocenters. The third-order valence-corrected chi connectivity index (χ3v) is 5.98. The van der Waals surface area contributed by atoms with E-state index >= 15 is 0 Å². The molecule has 1 fully saturated rings. The van der Waals surface area contributed by atoms with Crippen LogP contribution in [-0.2, 0) is 0 Å². The first-order valence-electron chi connectivity index (χ1n) is 9.34. The highest BCUT2D eigenvalue weighted by Crippen LogP contribution is 2.25. The number of anilines is 2. The lowest BCUT2D eigenvalue weighted by Gasteiger charge is -2.26. The predicted octanol–water partition coefficient (Wildman–Crippen LogP) is 3.93. The predicted molar refractivity (Wildman–Crippen MR) is 110 cm³/mol. The van der Waals surface area contributed by atoms with Gasteiger partial charge in [-0.3, -0.25) is 9.69 Å². The summed E-state index contributed by atoms with van der Waals surface area (Å²) in [4.78, 5) is 23.6. The largest absolute Gasteiger partial charge is 0.393 e. The topological polar surface area (TPSA) is 78.4 Å². The van der Waals surface area contributed by atoms with Gasteiger partial charge in [-0.25, -0.2) is 4.98 Å². The number of benzene rings is 1. The number of aryl methyl sites for hydroxylation is 1. The Morgan fingerprint density at radius 2 is 2.04 bits per heavy atom. The number of aromatic nitrogens is 2. The average Bonchev–Trinajstić information content (AvgIpc) is 2.67. The molecule has 1 amide bonds. The maximum atomic E-state index is 13.1. The van der Waals surface area contributed by atoms with Crippen LogP contribution in [0.4, 0.5) is 11.8 Å². The van der Waals surface area contributed by atoms with Crippen molar-refractivity contribution in [1.29, 1.82) is 0 Å². The van der Waals surface area contributed by atoms with Crippen LogP contribution < -0.4 is 10.2 Å². The Morgan fingerprint density at radius 3 is 2.74 bits per heavy atom. The molecule has 2 aromatic rings. The first-order chi connectivity index (χ1) is 13.0. The van der Waals surface area contributed by atoms with Crippen molar-refractivity contribution < 1.29 is 9.90 Å². The maximum Gasteiger partial charge on any atom is 0.260 e. The average molecular weight is 433 g/mol. The Bertz CT molecular complexity index is 806. The number of aliphatic hydroxyl groups excluding tert-OH is 1. The molecule has 1 aromatic heterocycles. The molecule has 0 bridgehead atoms. The lowest BCUT2D eigenvalue weighted by molar-refractivity contribution is 0.0986. The summed E-state index contributed by atoms with van der Waals surface area (Å²) in [7, 11) is 0. The number of nitrogens with one attached hydrogen (secondary N) is 1. The van der Waals surface area contributed by atoms with Gasteiger partial charge in [-0.05, 0) is 73.2 Å². The molecule has 0 saturated heterocycles. The third-order valence-electron chi connectivity index (χ3n) is 4.93. The number of nitrogens with zero attached hydrogens (tertiary/aromatic N) is 3. The van der Waals surface area contributed by atoms with Crippen LogP contribution in [0.1, 0.15) is 48.5 Å². The van der Waals surface area contributed by atoms with E-state index in [0.717, 1.165) is 35.7 Å². The molecule has 1 aromatic carbocycles. The number of rotatable bonds is 5. The summed E-state index contributed by atoms with van der Waals surface area (Å²) in [6.45, 7) is 4.40. The van der Waals surface area contributed by atoms with Gasteiger partial charge in [0.25, 0.3) is 5.91 Å². The number of amides is 1. The smallest absolute Gasteiger partial charge is 0.260 e. The van der Waals surface area contributed by atoms with E-state index in [1.165, 1.54) is 0 Å². The van der Waals surface area contributed by atoms with Crippen LogP contribution >= 0.6 is 15.9 Å². The number of hydrogen-bond donors (Lipinski definition) is 2. The van der Waals surface area contributed by atoms with Gasteiger partial charge in [-0.15, -0.1) is 0 Å². The molecule has 0 spiro atoms. The van der Waals surface area contributed by atoms with Crippen LogP contribution in [0.5, 0.6) is 0 Å². The van der Waals surface area contributed by atoms with E-state index in [1.54, 1.807) is 17.2 Å². The summed E-state index contributed by atoms with van der Waals surface area (Å²) >= 11 is 3.52. The lowest BCUT2D eigenvalue weighted by atomic mass is 9.93. The molecule has 1 saturated carbocycles. The Hall–Kier alpha value is -1.99. The van der Waals surface area contributed by atoms with Gasteiger partial charge >= 0.3 is 0 Å². The molecular formula is C20H25BrN4O2. The minimum atomic E-state index is -0.198. The fourth-order valence-corrected chi connectivity index (χ4v) is 3.77. The second-order valence-corrected chi connectivity index (χ2v) is 7.67. The highest BCUT2D eigenvalue weighted by molar-refractivity contribution is 9.10. The first-order valence-corrected chi connectivity index (χ1v) is 10.1. The molecule has 2 N–H and O–H groups in total. The van der Waals surface area contributed by atoms with Crippen LogP contribution in [0.15, 0.2) is 34.9 Å². The number of carbonyl (C=O) groups excluding carboxylic acids is 1. The van der Waals surface area contributed by atoms with E-state index in [4.69, 9.17) is 0 Å². The summed E-state index contributed by atoms with van der Waals surface area (Å²) in [5.41, 5.74) is 1.63. The zero-order valence-corrected chi connectivity index (χ0v) is 17.2. The normalized spacial score (nSPS) is 19.6. The van der Waals surface area contributed by atoms with Crippen molar-refractivity contribution in [3.63, 3.8) is 0 Å². The van der Waals surface area contributed by atoms with Crippen LogP contribution in [0.3, 0.4) is 0 Å². The van der Waals surface area contributed by atoms with Crippen LogP contribution in [0, 0.1) is 6.92 Å². The molecular weight excluding hydrogens is 408 g/mol. The van der Waals surface area contributed by atoms with Gasteiger partial charge in [-0.2, -0.15) is 4.98 Å². The van der Waals surface area contributed by atoms with Crippen molar-refractivity contribution in [2.75, 3.05) is 16.8 Å². The monoisotopic (exact) mass is 432 g/mol. The van der Waals surface area contributed by atoms with Crippen molar-refractivity contribution in [3.05, 3.63) is 46.1 Å². The lowest BCUT2D eigenvalue weighted by Crippen LogP contribution is -2.32. The number of carbonyl (C=O) groups is 1. The van der Waals surface area contributed by atoms with E-state index in [1.807, 2.05) is 32.0 Å². The van der Waals surface area contributed by atoms with Crippen LogP contribution in [-0.4, -0.2) is 39.7 Å². The molecule has 7 heteroatoms. The standard InChI is InChI=1S/C20H25BrN4O2/c1-3-25(19(27)16-6-4-5-13(2)18(16)21)17-11-12-22-20(24-17)23-14-7-9-15(26)10-8-14/h4-6,11-12,14-15,26H,3,7-10H2,1-2H3,(H,22,23,24). The molecule has 3 rings (SSSR count). The quantitative estimate of drug-likeness (QED) is 0.747. The van der Waals surface area contributed by atoms with Gasteiger partial charge in [-0.1, -0.05) is 12.1 Å². The van der Waals surface area contributed by atoms with Gasteiger partial charge in [0.15, 0.2) is 0 Å². The first kappa shape index (κ1) is 19.8. The summed E-state index contributed by atoms with van der Waals surface area (Å²) in [5.74, 6) is 0.992. The van der Waals surface area contributed by atoms with Gasteiger partial charge in [0.05, 0.1) is 11.7 Å². The summed E-state index contributed by atoms with van der Waals surface area (Å²) in [6.07, 6.45) is 4.83.